The molecule has 5 nitrogen and oxygen atoms in total. The van der Waals surface area contributed by atoms with E-state index in [-0.39, 0.29) is 0 Å². The summed E-state index contributed by atoms with van der Waals surface area (Å²) in [5.41, 5.74) is 9.97. The molecule has 0 saturated heterocycles. The van der Waals surface area contributed by atoms with Gasteiger partial charge in [0.1, 0.15) is 0 Å². The molecule has 4 heterocycles. The smallest absolute Gasteiger partial charge is 0.238 e. The monoisotopic (exact) mass is 637 g/mol. The van der Waals surface area contributed by atoms with Crippen molar-refractivity contribution < 1.29 is 0 Å². The Morgan fingerprint density at radius 3 is 1.54 bits per heavy atom. The summed E-state index contributed by atoms with van der Waals surface area (Å²) in [6.45, 7) is 0. The van der Waals surface area contributed by atoms with Gasteiger partial charge in [0.25, 0.3) is 0 Å². The minimum Gasteiger partial charge on any atom is -0.308 e. The molecule has 0 spiro atoms. The summed E-state index contributed by atoms with van der Waals surface area (Å²) in [6.07, 6.45) is 0. The van der Waals surface area contributed by atoms with Gasteiger partial charge in [-0.15, -0.1) is 0 Å². The van der Waals surface area contributed by atoms with Gasteiger partial charge in [-0.1, -0.05) is 133 Å². The molecule has 0 aliphatic carbocycles. The van der Waals surface area contributed by atoms with Gasteiger partial charge in [-0.3, -0.25) is 4.57 Å². The lowest BCUT2D eigenvalue weighted by atomic mass is 10.0. The van der Waals surface area contributed by atoms with Crippen LogP contribution in [0.2, 0.25) is 0 Å². The predicted molar refractivity (Wildman–Crippen MR) is 205 cm³/mol. The van der Waals surface area contributed by atoms with Crippen LogP contribution in [0.3, 0.4) is 0 Å². The van der Waals surface area contributed by atoms with Crippen LogP contribution in [0.15, 0.2) is 164 Å². The minimum absolute atomic E-state index is 0.593. The van der Waals surface area contributed by atoms with Gasteiger partial charge in [0.2, 0.25) is 5.95 Å². The lowest BCUT2D eigenvalue weighted by molar-refractivity contribution is 0.953. The average molecular weight is 638 g/mol. The van der Waals surface area contributed by atoms with Gasteiger partial charge in [0.15, 0.2) is 11.6 Å². The quantitative estimate of drug-likeness (QED) is 0.193. The highest BCUT2D eigenvalue weighted by molar-refractivity contribution is 6.23. The summed E-state index contributed by atoms with van der Waals surface area (Å²) in [7, 11) is 0. The molecule has 232 valence electrons. The van der Waals surface area contributed by atoms with Crippen LogP contribution in [0, 0.1) is 0 Å². The Kier molecular flexibility index (Phi) is 5.60. The first-order valence-electron chi connectivity index (χ1n) is 16.9. The van der Waals surface area contributed by atoms with Gasteiger partial charge < -0.3 is 4.40 Å². The number of nitrogens with zero attached hydrogens (tertiary/aromatic N) is 5. The first-order valence-corrected chi connectivity index (χ1v) is 16.9. The minimum atomic E-state index is 0.593. The van der Waals surface area contributed by atoms with Crippen molar-refractivity contribution in [1.82, 2.24) is 23.9 Å². The van der Waals surface area contributed by atoms with Crippen LogP contribution in [-0.2, 0) is 0 Å². The zero-order valence-corrected chi connectivity index (χ0v) is 26.8. The molecule has 0 saturated carbocycles. The highest BCUT2D eigenvalue weighted by Crippen LogP contribution is 2.40. The number of hydrogen-bond acceptors (Lipinski definition) is 3. The molecular formula is C45H27N5. The molecule has 7 aromatic carbocycles. The third kappa shape index (κ3) is 3.86. The molecule has 5 heteroatoms. The van der Waals surface area contributed by atoms with Crippen molar-refractivity contribution in [2.24, 2.45) is 0 Å². The molecule has 0 unspecified atom stereocenters. The van der Waals surface area contributed by atoms with E-state index in [9.17, 15) is 0 Å². The highest BCUT2D eigenvalue weighted by Gasteiger charge is 2.19. The number of fused-ring (bicyclic) bond motifs is 9. The molecule has 0 bridgehead atoms. The third-order valence-corrected chi connectivity index (χ3v) is 10.1. The molecular weight excluding hydrogens is 611 g/mol. The molecule has 11 aromatic rings. The Labute approximate surface area is 286 Å². The second-order valence-corrected chi connectivity index (χ2v) is 12.9. The van der Waals surface area contributed by atoms with E-state index in [0.29, 0.717) is 17.6 Å². The first-order chi connectivity index (χ1) is 24.8. The van der Waals surface area contributed by atoms with Crippen molar-refractivity contribution in [3.05, 3.63) is 164 Å². The maximum absolute atomic E-state index is 5.18. The van der Waals surface area contributed by atoms with Crippen LogP contribution in [0.1, 0.15) is 0 Å². The van der Waals surface area contributed by atoms with Crippen LogP contribution >= 0.6 is 0 Å². The summed E-state index contributed by atoms with van der Waals surface area (Å²) in [5.74, 6) is 1.86. The van der Waals surface area contributed by atoms with E-state index in [1.54, 1.807) is 0 Å². The van der Waals surface area contributed by atoms with Crippen LogP contribution in [0.5, 0.6) is 0 Å². The van der Waals surface area contributed by atoms with Gasteiger partial charge in [-0.2, -0.15) is 9.97 Å². The molecule has 0 aliphatic heterocycles. The van der Waals surface area contributed by atoms with E-state index in [1.165, 1.54) is 48.9 Å². The number of hydrogen-bond donors (Lipinski definition) is 0. The van der Waals surface area contributed by atoms with Crippen LogP contribution in [0.25, 0.3) is 99.8 Å². The van der Waals surface area contributed by atoms with E-state index >= 15 is 0 Å². The van der Waals surface area contributed by atoms with Gasteiger partial charge in [0, 0.05) is 43.4 Å². The Balaban J connectivity index is 1.12. The maximum Gasteiger partial charge on any atom is 0.238 e. The summed E-state index contributed by atoms with van der Waals surface area (Å²) < 4.78 is 4.59. The maximum atomic E-state index is 5.18. The zero-order valence-electron chi connectivity index (χ0n) is 26.8. The molecule has 0 N–H and O–H groups in total. The topological polar surface area (TPSA) is 48.0 Å². The standard InChI is InChI=1S/C45H27N5/c1-2-12-28(13-3-1)43-46-44(48-45(47-43)50-39-22-8-4-16-32(39)33-17-5-9-23-40(33)50)31-15-10-14-29(26-31)30-24-25-35-37-20-11-19-36-34-18-6-7-21-38(34)49(42(36)37)41(35)27-30/h1-27H. The van der Waals surface area contributed by atoms with Gasteiger partial charge in [0.05, 0.1) is 27.6 Å². The summed E-state index contributed by atoms with van der Waals surface area (Å²) >= 11 is 0. The van der Waals surface area contributed by atoms with Crippen molar-refractivity contribution in [2.75, 3.05) is 0 Å². The Hall–Kier alpha value is -6.85. The zero-order chi connectivity index (χ0) is 32.8. The van der Waals surface area contributed by atoms with E-state index < -0.39 is 0 Å². The normalized spacial score (nSPS) is 12.0. The van der Waals surface area contributed by atoms with Crippen LogP contribution < -0.4 is 0 Å². The van der Waals surface area contributed by atoms with Gasteiger partial charge in [-0.05, 0) is 41.5 Å². The lowest BCUT2D eigenvalue weighted by Crippen LogP contribution is -2.06. The molecule has 0 atom stereocenters. The molecule has 0 fully saturated rings. The average Bonchev–Trinajstić information content (AvgIpc) is 3.83. The molecule has 0 amide bonds. The number of rotatable bonds is 4. The highest BCUT2D eigenvalue weighted by atomic mass is 15.2. The molecule has 4 aromatic heterocycles. The lowest BCUT2D eigenvalue weighted by Gasteiger charge is -2.11. The third-order valence-electron chi connectivity index (χ3n) is 10.1. The fourth-order valence-electron chi connectivity index (χ4n) is 7.90. The van der Waals surface area contributed by atoms with Crippen LogP contribution in [-0.4, -0.2) is 23.9 Å². The Morgan fingerprint density at radius 1 is 0.320 bits per heavy atom. The van der Waals surface area contributed by atoms with E-state index in [0.717, 1.165) is 33.3 Å². The second-order valence-electron chi connectivity index (χ2n) is 12.9. The van der Waals surface area contributed by atoms with Gasteiger partial charge in [-0.25, -0.2) is 4.98 Å². The summed E-state index contributed by atoms with van der Waals surface area (Å²) in [6, 6.07) is 57.8. The van der Waals surface area contributed by atoms with E-state index in [2.05, 4.69) is 155 Å². The number of aromatic nitrogens is 5. The fraction of sp³-hybridized carbons (Fsp3) is 0. The largest absolute Gasteiger partial charge is 0.308 e. The molecule has 0 radical (unpaired) electrons. The predicted octanol–water partition coefficient (Wildman–Crippen LogP) is 11.1. The number of para-hydroxylation sites is 4. The van der Waals surface area contributed by atoms with Gasteiger partial charge >= 0.3 is 0 Å². The van der Waals surface area contributed by atoms with Crippen molar-refractivity contribution in [3.63, 3.8) is 0 Å². The van der Waals surface area contributed by atoms with Crippen LogP contribution in [0.4, 0.5) is 0 Å². The van der Waals surface area contributed by atoms with Crippen molar-refractivity contribution in [2.45, 2.75) is 0 Å². The molecule has 11 rings (SSSR count). The first kappa shape index (κ1) is 27.1. The van der Waals surface area contributed by atoms with Crippen molar-refractivity contribution >= 4 is 59.9 Å². The SMILES string of the molecule is c1ccc(-c2nc(-c3cccc(-c4ccc5c6cccc7c8ccccc8n(c5c4)c76)c3)nc(-n3c4ccccc4c4ccccc43)n2)cc1. The molecule has 50 heavy (non-hydrogen) atoms. The van der Waals surface area contributed by atoms with E-state index in [1.807, 2.05) is 18.2 Å². The Bertz CT molecular complexity index is 3040. The Morgan fingerprint density at radius 2 is 0.820 bits per heavy atom. The summed E-state index contributed by atoms with van der Waals surface area (Å²) in [4.78, 5) is 15.3. The molecule has 0 aliphatic rings. The summed E-state index contributed by atoms with van der Waals surface area (Å²) in [5, 5.41) is 7.45. The number of benzene rings is 7. The fourth-order valence-corrected chi connectivity index (χ4v) is 7.90. The van der Waals surface area contributed by atoms with Crippen molar-refractivity contribution in [3.8, 4) is 39.9 Å². The van der Waals surface area contributed by atoms with Crippen molar-refractivity contribution in [1.29, 1.82) is 0 Å². The van der Waals surface area contributed by atoms with E-state index in [4.69, 9.17) is 15.0 Å². The second kappa shape index (κ2) is 10.3.